The van der Waals surface area contributed by atoms with Crippen LogP contribution in [0.4, 0.5) is 14.5 Å². The molecule has 2 rings (SSSR count). The molecule has 0 spiro atoms. The lowest BCUT2D eigenvalue weighted by Gasteiger charge is -2.10. The van der Waals surface area contributed by atoms with Crippen LogP contribution in [0.3, 0.4) is 0 Å². The quantitative estimate of drug-likeness (QED) is 0.804. The second kappa shape index (κ2) is 5.12. The summed E-state index contributed by atoms with van der Waals surface area (Å²) in [5.74, 6) is -0.860. The Hall–Kier alpha value is -1.33. The van der Waals surface area contributed by atoms with E-state index >= 15 is 0 Å². The molecule has 0 bridgehead atoms. The molecule has 0 amide bonds. The number of nitrogens with two attached hydrogens (primary N) is 1. The molecule has 2 nitrogen and oxygen atoms in total. The first-order valence-corrected chi connectivity index (χ1v) is 6.02. The van der Waals surface area contributed by atoms with E-state index in [0.29, 0.717) is 4.47 Å². The van der Waals surface area contributed by atoms with Crippen LogP contribution in [0.1, 0.15) is 0 Å². The van der Waals surface area contributed by atoms with Crippen molar-refractivity contribution in [2.75, 3.05) is 5.73 Å². The molecule has 0 unspecified atom stereocenters. The molecule has 0 fully saturated rings. The van der Waals surface area contributed by atoms with Gasteiger partial charge in [0.05, 0.1) is 15.2 Å². The van der Waals surface area contributed by atoms with Crippen molar-refractivity contribution in [3.63, 3.8) is 0 Å². The van der Waals surface area contributed by atoms with E-state index in [0.717, 1.165) is 12.1 Å². The predicted molar refractivity (Wildman–Crippen MR) is 70.0 cm³/mol. The van der Waals surface area contributed by atoms with Gasteiger partial charge >= 0.3 is 0 Å². The standard InChI is InChI=1S/C12H7BrClF2NO/c13-7-2-1-6(15)3-11(7)18-12-5-9(16)8(14)4-10(12)17/h1-5H,17H2. The number of hydrogen-bond donors (Lipinski definition) is 1. The van der Waals surface area contributed by atoms with Crippen molar-refractivity contribution >= 4 is 33.2 Å². The second-order valence-electron chi connectivity index (χ2n) is 3.48. The van der Waals surface area contributed by atoms with Gasteiger partial charge in [-0.05, 0) is 34.1 Å². The van der Waals surface area contributed by atoms with Crippen LogP contribution in [0.2, 0.25) is 5.02 Å². The Morgan fingerprint density at radius 3 is 2.56 bits per heavy atom. The molecule has 0 aliphatic carbocycles. The molecule has 18 heavy (non-hydrogen) atoms. The van der Waals surface area contributed by atoms with Gasteiger partial charge in [-0.3, -0.25) is 0 Å². The van der Waals surface area contributed by atoms with Crippen molar-refractivity contribution in [1.82, 2.24) is 0 Å². The maximum atomic E-state index is 13.3. The third kappa shape index (κ3) is 2.73. The van der Waals surface area contributed by atoms with Gasteiger partial charge in [0.15, 0.2) is 5.75 Å². The first kappa shape index (κ1) is 13.1. The molecule has 0 saturated heterocycles. The maximum Gasteiger partial charge on any atom is 0.153 e. The van der Waals surface area contributed by atoms with E-state index in [1.54, 1.807) is 0 Å². The summed E-state index contributed by atoms with van der Waals surface area (Å²) in [4.78, 5) is 0. The Labute approximate surface area is 115 Å². The lowest BCUT2D eigenvalue weighted by atomic mass is 10.3. The number of rotatable bonds is 2. The highest BCUT2D eigenvalue weighted by molar-refractivity contribution is 9.10. The van der Waals surface area contributed by atoms with Crippen molar-refractivity contribution in [3.8, 4) is 11.5 Å². The van der Waals surface area contributed by atoms with Crippen molar-refractivity contribution in [1.29, 1.82) is 0 Å². The summed E-state index contributed by atoms with van der Waals surface area (Å²) in [6.07, 6.45) is 0. The number of ether oxygens (including phenoxy) is 1. The van der Waals surface area contributed by atoms with Crippen LogP contribution in [0, 0.1) is 11.6 Å². The lowest BCUT2D eigenvalue weighted by Crippen LogP contribution is -1.94. The number of halogens is 4. The average molecular weight is 335 g/mol. The first-order chi connectivity index (χ1) is 8.47. The van der Waals surface area contributed by atoms with E-state index in [-0.39, 0.29) is 22.2 Å². The average Bonchev–Trinajstić information content (AvgIpc) is 2.30. The summed E-state index contributed by atoms with van der Waals surface area (Å²) >= 11 is 8.76. The van der Waals surface area contributed by atoms with E-state index in [4.69, 9.17) is 22.1 Å². The van der Waals surface area contributed by atoms with Gasteiger partial charge in [-0.15, -0.1) is 0 Å². The van der Waals surface area contributed by atoms with E-state index in [9.17, 15) is 8.78 Å². The molecule has 6 heteroatoms. The van der Waals surface area contributed by atoms with Gasteiger partial charge in [0.2, 0.25) is 0 Å². The van der Waals surface area contributed by atoms with Crippen LogP contribution in [0.5, 0.6) is 11.5 Å². The molecular weight excluding hydrogens is 327 g/mol. The van der Waals surface area contributed by atoms with Gasteiger partial charge in [-0.1, -0.05) is 11.6 Å². The van der Waals surface area contributed by atoms with Gasteiger partial charge in [0.1, 0.15) is 17.4 Å². The minimum absolute atomic E-state index is 0.0724. The number of hydrogen-bond acceptors (Lipinski definition) is 2. The second-order valence-corrected chi connectivity index (χ2v) is 4.74. The van der Waals surface area contributed by atoms with Crippen molar-refractivity contribution in [3.05, 3.63) is 51.5 Å². The van der Waals surface area contributed by atoms with Crippen LogP contribution >= 0.6 is 27.5 Å². The summed E-state index contributed by atoms with van der Waals surface area (Å²) in [7, 11) is 0. The summed E-state index contributed by atoms with van der Waals surface area (Å²) in [6, 6.07) is 6.19. The van der Waals surface area contributed by atoms with Crippen LogP contribution in [-0.4, -0.2) is 0 Å². The molecule has 94 valence electrons. The summed E-state index contributed by atoms with van der Waals surface area (Å²) in [6.45, 7) is 0. The van der Waals surface area contributed by atoms with Crippen molar-refractivity contribution in [2.24, 2.45) is 0 Å². The fourth-order valence-electron chi connectivity index (χ4n) is 1.31. The van der Waals surface area contributed by atoms with Crippen LogP contribution < -0.4 is 10.5 Å². The fourth-order valence-corrected chi connectivity index (χ4v) is 1.81. The van der Waals surface area contributed by atoms with Crippen LogP contribution in [-0.2, 0) is 0 Å². The number of anilines is 1. The van der Waals surface area contributed by atoms with Gasteiger partial charge in [-0.2, -0.15) is 0 Å². The van der Waals surface area contributed by atoms with E-state index in [1.807, 2.05) is 0 Å². The minimum atomic E-state index is -0.659. The van der Waals surface area contributed by atoms with Gasteiger partial charge < -0.3 is 10.5 Å². The number of benzene rings is 2. The predicted octanol–water partition coefficient (Wildman–Crippen LogP) is 4.76. The van der Waals surface area contributed by atoms with Gasteiger partial charge in [-0.25, -0.2) is 8.78 Å². The minimum Gasteiger partial charge on any atom is -0.454 e. The highest BCUT2D eigenvalue weighted by atomic mass is 79.9. The zero-order valence-corrected chi connectivity index (χ0v) is 11.2. The molecule has 2 aromatic carbocycles. The lowest BCUT2D eigenvalue weighted by molar-refractivity contribution is 0.471. The smallest absolute Gasteiger partial charge is 0.153 e. The zero-order valence-electron chi connectivity index (χ0n) is 8.88. The summed E-state index contributed by atoms with van der Waals surface area (Å²) in [5.41, 5.74) is 5.81. The summed E-state index contributed by atoms with van der Waals surface area (Å²) in [5, 5.41) is -0.0989. The Morgan fingerprint density at radius 2 is 1.83 bits per heavy atom. The topological polar surface area (TPSA) is 35.2 Å². The Bertz CT molecular complexity index is 607. The molecule has 0 heterocycles. The van der Waals surface area contributed by atoms with Gasteiger partial charge in [0, 0.05) is 12.1 Å². The Balaban J connectivity index is 2.40. The molecule has 0 aromatic heterocycles. The number of nitrogen functional groups attached to an aromatic ring is 1. The molecule has 2 aromatic rings. The largest absolute Gasteiger partial charge is 0.454 e. The molecular formula is C12H7BrClF2NO. The first-order valence-electron chi connectivity index (χ1n) is 4.85. The normalized spacial score (nSPS) is 10.4. The molecule has 0 aliphatic rings. The molecule has 0 saturated carbocycles. The van der Waals surface area contributed by atoms with Crippen molar-refractivity contribution < 1.29 is 13.5 Å². The molecule has 0 atom stereocenters. The highest BCUT2D eigenvalue weighted by Gasteiger charge is 2.10. The Morgan fingerprint density at radius 1 is 1.11 bits per heavy atom. The molecule has 2 N–H and O–H groups in total. The van der Waals surface area contributed by atoms with Crippen LogP contribution in [0.25, 0.3) is 0 Å². The highest BCUT2D eigenvalue weighted by Crippen LogP contribution is 2.35. The maximum absolute atomic E-state index is 13.3. The van der Waals surface area contributed by atoms with Gasteiger partial charge in [0.25, 0.3) is 0 Å². The van der Waals surface area contributed by atoms with E-state index in [2.05, 4.69) is 15.9 Å². The Kier molecular flexibility index (Phi) is 3.73. The fraction of sp³-hybridized carbons (Fsp3) is 0. The van der Waals surface area contributed by atoms with Crippen LogP contribution in [0.15, 0.2) is 34.8 Å². The molecule has 0 radical (unpaired) electrons. The third-order valence-corrected chi connectivity index (χ3v) is 3.11. The SMILES string of the molecule is Nc1cc(Cl)c(F)cc1Oc1cc(F)ccc1Br. The molecule has 0 aliphatic heterocycles. The van der Waals surface area contributed by atoms with E-state index in [1.165, 1.54) is 18.2 Å². The van der Waals surface area contributed by atoms with Crippen molar-refractivity contribution in [2.45, 2.75) is 0 Å². The summed E-state index contributed by atoms with van der Waals surface area (Å²) < 4.78 is 32.2. The third-order valence-electron chi connectivity index (χ3n) is 2.17. The zero-order chi connectivity index (χ0) is 13.3. The van der Waals surface area contributed by atoms with E-state index < -0.39 is 11.6 Å². The monoisotopic (exact) mass is 333 g/mol.